The van der Waals surface area contributed by atoms with Crippen LogP contribution in [0, 0.1) is 0 Å². The molecule has 1 heterocycles. The lowest BCUT2D eigenvalue weighted by atomic mass is 10.0. The van der Waals surface area contributed by atoms with Gasteiger partial charge in [-0.25, -0.2) is 15.6 Å². The first-order valence-electron chi connectivity index (χ1n) is 8.59. The zero-order chi connectivity index (χ0) is 19.1. The van der Waals surface area contributed by atoms with E-state index in [1.165, 1.54) is 0 Å². The molecule has 0 atom stereocenters. The Kier molecular flexibility index (Phi) is 6.40. The van der Waals surface area contributed by atoms with Crippen LogP contribution in [0.2, 0.25) is 5.02 Å². The van der Waals surface area contributed by atoms with Crippen molar-refractivity contribution in [2.24, 2.45) is 10.3 Å². The number of benzene rings is 2. The molecule has 0 fully saturated rings. The average Bonchev–Trinajstić information content (AvgIpc) is 3.16. The molecule has 7 nitrogen and oxygen atoms in total. The van der Waals surface area contributed by atoms with Crippen LogP contribution in [0.4, 0.5) is 5.69 Å². The van der Waals surface area contributed by atoms with Crippen LogP contribution in [0.5, 0.6) is 5.88 Å². The number of aromatic nitrogens is 2. The monoisotopic (exact) mass is 384 g/mol. The normalized spacial score (nSPS) is 11.1. The van der Waals surface area contributed by atoms with E-state index in [1.807, 2.05) is 48.7 Å². The molecule has 0 aliphatic carbocycles. The van der Waals surface area contributed by atoms with Crippen LogP contribution in [0.25, 0.3) is 5.69 Å². The molecule has 8 heteroatoms. The molecule has 3 rings (SSSR count). The highest BCUT2D eigenvalue weighted by Gasteiger charge is 2.10. The molecule has 0 aliphatic heterocycles. The number of halogens is 1. The van der Waals surface area contributed by atoms with E-state index in [-0.39, 0.29) is 0 Å². The molecule has 0 saturated carbocycles. The van der Waals surface area contributed by atoms with E-state index < -0.39 is 0 Å². The third kappa shape index (κ3) is 4.84. The van der Waals surface area contributed by atoms with Gasteiger partial charge in [-0.15, -0.1) is 10.2 Å². The molecule has 0 saturated heterocycles. The topological polar surface area (TPSA) is 75.8 Å². The van der Waals surface area contributed by atoms with Gasteiger partial charge >= 0.3 is 0 Å². The Morgan fingerprint density at radius 1 is 1.15 bits per heavy atom. The zero-order valence-electron chi connectivity index (χ0n) is 15.2. The van der Waals surface area contributed by atoms with Gasteiger partial charge in [0, 0.05) is 29.9 Å². The summed E-state index contributed by atoms with van der Waals surface area (Å²) in [7, 11) is 1.72. The fourth-order valence-corrected chi connectivity index (χ4v) is 2.74. The lowest BCUT2D eigenvalue weighted by Crippen LogP contribution is -2.20. The molecule has 2 N–H and O–H groups in total. The van der Waals surface area contributed by atoms with E-state index >= 15 is 0 Å². The van der Waals surface area contributed by atoms with Crippen LogP contribution in [0.1, 0.15) is 18.1 Å². The van der Waals surface area contributed by atoms with Gasteiger partial charge in [0.2, 0.25) is 5.88 Å². The summed E-state index contributed by atoms with van der Waals surface area (Å²) < 4.78 is 7.66. The summed E-state index contributed by atoms with van der Waals surface area (Å²) >= 11 is 5.93. The highest BCUT2D eigenvalue weighted by molar-refractivity contribution is 6.30. The first kappa shape index (κ1) is 18.9. The minimum atomic E-state index is 0.357. The predicted octanol–water partition coefficient (Wildman–Crippen LogP) is 4.39. The highest BCUT2D eigenvalue weighted by atomic mass is 35.5. The number of ether oxygens (including phenoxy) is 1. The van der Waals surface area contributed by atoms with E-state index in [2.05, 4.69) is 39.4 Å². The summed E-state index contributed by atoms with van der Waals surface area (Å²) in [4.78, 5) is 0. The quantitative estimate of drug-likeness (QED) is 0.446. The van der Waals surface area contributed by atoms with Crippen molar-refractivity contribution in [2.45, 2.75) is 20.0 Å². The van der Waals surface area contributed by atoms with Crippen LogP contribution < -0.4 is 15.7 Å². The van der Waals surface area contributed by atoms with Crippen LogP contribution >= 0.6 is 11.6 Å². The smallest absolute Gasteiger partial charge is 0.233 e. The number of hydrogen-bond acceptors (Lipinski definition) is 5. The van der Waals surface area contributed by atoms with E-state index in [1.54, 1.807) is 11.7 Å². The lowest BCUT2D eigenvalue weighted by molar-refractivity contribution is 0.291. The Morgan fingerprint density at radius 3 is 2.70 bits per heavy atom. The van der Waals surface area contributed by atoms with Crippen LogP contribution in [0.3, 0.4) is 0 Å². The molecule has 0 unspecified atom stereocenters. The summed E-state index contributed by atoms with van der Waals surface area (Å²) in [6, 6.07) is 15.2. The fraction of sp³-hybridized carbons (Fsp3) is 0.211. The number of hydrogen-bond donors (Lipinski definition) is 2. The Hall–Kier alpha value is -2.90. The SMILES string of the molecule is CCc1cccc(N=NNNC)c1COc1ccn(-c2ccc(Cl)cc2)n1. The lowest BCUT2D eigenvalue weighted by Gasteiger charge is -2.11. The molecule has 140 valence electrons. The Bertz CT molecular complexity index is 907. The van der Waals surface area contributed by atoms with Gasteiger partial charge < -0.3 is 4.74 Å². The number of hydrazine groups is 1. The van der Waals surface area contributed by atoms with Crippen molar-refractivity contribution >= 4 is 17.3 Å². The van der Waals surface area contributed by atoms with E-state index in [4.69, 9.17) is 16.3 Å². The van der Waals surface area contributed by atoms with Crippen molar-refractivity contribution in [2.75, 3.05) is 7.05 Å². The van der Waals surface area contributed by atoms with E-state index in [0.717, 1.165) is 28.9 Å². The molecule has 1 aromatic heterocycles. The minimum absolute atomic E-state index is 0.357. The van der Waals surface area contributed by atoms with Crippen molar-refractivity contribution in [3.63, 3.8) is 0 Å². The Labute approximate surface area is 163 Å². The Balaban J connectivity index is 1.75. The van der Waals surface area contributed by atoms with Gasteiger partial charge in [-0.05, 0) is 42.3 Å². The fourth-order valence-electron chi connectivity index (χ4n) is 2.61. The number of aryl methyl sites for hydroxylation is 1. The number of nitrogens with zero attached hydrogens (tertiary/aromatic N) is 4. The van der Waals surface area contributed by atoms with Gasteiger partial charge in [-0.1, -0.05) is 35.9 Å². The first-order valence-corrected chi connectivity index (χ1v) is 8.96. The van der Waals surface area contributed by atoms with E-state index in [0.29, 0.717) is 17.5 Å². The van der Waals surface area contributed by atoms with E-state index in [9.17, 15) is 0 Å². The molecule has 27 heavy (non-hydrogen) atoms. The molecule has 0 amide bonds. The Morgan fingerprint density at radius 2 is 1.96 bits per heavy atom. The maximum absolute atomic E-state index is 5.93. The van der Waals surface area contributed by atoms with Crippen molar-refractivity contribution in [3.05, 3.63) is 70.9 Å². The molecular weight excluding hydrogens is 364 g/mol. The maximum atomic E-state index is 5.93. The molecular formula is C19H21ClN6O. The second kappa shape index (κ2) is 9.16. The summed E-state index contributed by atoms with van der Waals surface area (Å²) in [5, 5.41) is 13.2. The maximum Gasteiger partial charge on any atom is 0.233 e. The van der Waals surface area contributed by atoms with Crippen molar-refractivity contribution in [1.29, 1.82) is 0 Å². The summed E-state index contributed by atoms with van der Waals surface area (Å²) in [5.74, 6) is 0.534. The van der Waals surface area contributed by atoms with Crippen LogP contribution in [-0.2, 0) is 13.0 Å². The highest BCUT2D eigenvalue weighted by Crippen LogP contribution is 2.25. The number of nitrogens with one attached hydrogen (secondary N) is 2. The largest absolute Gasteiger partial charge is 0.472 e. The first-order chi connectivity index (χ1) is 13.2. The standard InChI is InChI=1S/C19H21ClN6O/c1-3-14-5-4-6-18(22-25-24-21-2)17(14)13-27-19-11-12-26(23-19)16-9-7-15(20)8-10-16/h4-12H,3,13H2,1-2H3,(H,21,25)(H,22,24). The van der Waals surface area contributed by atoms with Crippen molar-refractivity contribution in [3.8, 4) is 11.6 Å². The molecule has 0 bridgehead atoms. The molecule has 2 aromatic carbocycles. The summed E-state index contributed by atoms with van der Waals surface area (Å²) in [6.45, 7) is 2.45. The second-order valence-electron chi connectivity index (χ2n) is 5.69. The van der Waals surface area contributed by atoms with Crippen molar-refractivity contribution in [1.82, 2.24) is 20.7 Å². The second-order valence-corrected chi connectivity index (χ2v) is 6.13. The van der Waals surface area contributed by atoms with Gasteiger partial charge in [0.1, 0.15) is 6.61 Å². The van der Waals surface area contributed by atoms with Gasteiger partial charge in [0.05, 0.1) is 11.4 Å². The molecule has 3 aromatic rings. The molecule has 0 aliphatic rings. The predicted molar refractivity (Wildman–Crippen MR) is 105 cm³/mol. The van der Waals surface area contributed by atoms with Gasteiger partial charge in [0.15, 0.2) is 0 Å². The van der Waals surface area contributed by atoms with Gasteiger partial charge in [-0.2, -0.15) is 0 Å². The van der Waals surface area contributed by atoms with Gasteiger partial charge in [0.25, 0.3) is 0 Å². The number of rotatable bonds is 8. The zero-order valence-corrected chi connectivity index (χ0v) is 15.9. The average molecular weight is 385 g/mol. The summed E-state index contributed by atoms with van der Waals surface area (Å²) in [6.07, 6.45) is 2.72. The van der Waals surface area contributed by atoms with Crippen LogP contribution in [-0.4, -0.2) is 16.8 Å². The minimum Gasteiger partial charge on any atom is -0.472 e. The van der Waals surface area contributed by atoms with Crippen molar-refractivity contribution < 1.29 is 4.74 Å². The summed E-state index contributed by atoms with van der Waals surface area (Å²) in [5.41, 5.74) is 9.13. The molecule has 0 radical (unpaired) electrons. The third-order valence-electron chi connectivity index (χ3n) is 3.97. The van der Waals surface area contributed by atoms with Gasteiger partial charge in [-0.3, -0.25) is 0 Å². The third-order valence-corrected chi connectivity index (χ3v) is 4.22. The van der Waals surface area contributed by atoms with Crippen LogP contribution in [0.15, 0.2) is 65.1 Å². The molecule has 0 spiro atoms.